The summed E-state index contributed by atoms with van der Waals surface area (Å²) in [6.07, 6.45) is 3.37. The van der Waals surface area contributed by atoms with Crippen LogP contribution in [0.2, 0.25) is 5.02 Å². The van der Waals surface area contributed by atoms with E-state index in [0.717, 1.165) is 21.2 Å². The molecule has 4 nitrogen and oxygen atoms in total. The first kappa shape index (κ1) is 11.5. The van der Waals surface area contributed by atoms with E-state index in [4.69, 9.17) is 17.3 Å². The van der Waals surface area contributed by atoms with Gasteiger partial charge in [-0.1, -0.05) is 27.5 Å². The van der Waals surface area contributed by atoms with Gasteiger partial charge in [0.25, 0.3) is 0 Å². The summed E-state index contributed by atoms with van der Waals surface area (Å²) in [6, 6.07) is 7.45. The first-order chi connectivity index (χ1) is 8.66. The van der Waals surface area contributed by atoms with Gasteiger partial charge in [0.15, 0.2) is 0 Å². The third-order valence-corrected chi connectivity index (χ3v) is 3.44. The number of imidazole rings is 1. The van der Waals surface area contributed by atoms with E-state index in [1.807, 2.05) is 28.8 Å². The molecule has 3 aromatic rings. The fourth-order valence-corrected chi connectivity index (χ4v) is 2.41. The fraction of sp³-hybridized carbons (Fsp3) is 0. The van der Waals surface area contributed by atoms with Gasteiger partial charge >= 0.3 is 0 Å². The molecule has 0 bridgehead atoms. The maximum atomic E-state index is 6.22. The Morgan fingerprint density at radius 3 is 2.94 bits per heavy atom. The first-order valence-electron chi connectivity index (χ1n) is 5.20. The van der Waals surface area contributed by atoms with Gasteiger partial charge < -0.3 is 5.73 Å². The molecule has 90 valence electrons. The number of halogens is 2. The third kappa shape index (κ3) is 1.76. The molecule has 0 saturated carbocycles. The Morgan fingerprint density at radius 2 is 2.11 bits per heavy atom. The van der Waals surface area contributed by atoms with Crippen LogP contribution in [0.3, 0.4) is 0 Å². The highest BCUT2D eigenvalue weighted by Crippen LogP contribution is 2.29. The van der Waals surface area contributed by atoms with Crippen LogP contribution in [0.5, 0.6) is 0 Å². The first-order valence-corrected chi connectivity index (χ1v) is 6.37. The molecule has 0 fully saturated rings. The Bertz CT molecular complexity index is 738. The van der Waals surface area contributed by atoms with Gasteiger partial charge in [-0.25, -0.2) is 4.98 Å². The van der Waals surface area contributed by atoms with Gasteiger partial charge in [-0.3, -0.25) is 9.55 Å². The monoisotopic (exact) mass is 322 g/mol. The largest absolute Gasteiger partial charge is 0.369 e. The summed E-state index contributed by atoms with van der Waals surface area (Å²) in [7, 11) is 0. The van der Waals surface area contributed by atoms with E-state index >= 15 is 0 Å². The van der Waals surface area contributed by atoms with E-state index in [1.54, 1.807) is 12.4 Å². The van der Waals surface area contributed by atoms with Crippen LogP contribution in [0.15, 0.2) is 41.1 Å². The number of nitrogens with zero attached hydrogens (tertiary/aromatic N) is 3. The molecule has 18 heavy (non-hydrogen) atoms. The molecule has 2 N–H and O–H groups in total. The number of hydrogen-bond acceptors (Lipinski definition) is 3. The SMILES string of the molecule is Nc1nc2cnccc2n1-c1cc(Br)ccc1Cl. The van der Waals surface area contributed by atoms with Gasteiger partial charge in [-0.2, -0.15) is 0 Å². The summed E-state index contributed by atoms with van der Waals surface area (Å²) in [5.74, 6) is 0.387. The highest BCUT2D eigenvalue weighted by atomic mass is 79.9. The Labute approximate surface area is 117 Å². The minimum Gasteiger partial charge on any atom is -0.369 e. The van der Waals surface area contributed by atoms with Crippen molar-refractivity contribution in [2.45, 2.75) is 0 Å². The van der Waals surface area contributed by atoms with Crippen LogP contribution < -0.4 is 5.73 Å². The van der Waals surface area contributed by atoms with Crippen molar-refractivity contribution in [2.75, 3.05) is 5.73 Å². The molecule has 0 amide bonds. The molecule has 0 atom stereocenters. The molecule has 0 saturated heterocycles. The summed E-state index contributed by atoms with van der Waals surface area (Å²) in [5, 5.41) is 0.612. The Hall–Kier alpha value is -1.59. The zero-order chi connectivity index (χ0) is 12.7. The van der Waals surface area contributed by atoms with Crippen molar-refractivity contribution in [3.63, 3.8) is 0 Å². The summed E-state index contributed by atoms with van der Waals surface area (Å²) < 4.78 is 2.74. The topological polar surface area (TPSA) is 56.7 Å². The summed E-state index contributed by atoms with van der Waals surface area (Å²) in [5.41, 5.74) is 8.36. The van der Waals surface area contributed by atoms with Crippen molar-refractivity contribution in [3.8, 4) is 5.69 Å². The number of nitrogens with two attached hydrogens (primary N) is 1. The quantitative estimate of drug-likeness (QED) is 0.746. The average Bonchev–Trinajstić information content (AvgIpc) is 2.68. The zero-order valence-corrected chi connectivity index (χ0v) is 11.5. The Kier molecular flexibility index (Phi) is 2.72. The lowest BCUT2D eigenvalue weighted by Gasteiger charge is -2.09. The molecule has 2 aromatic heterocycles. The van der Waals surface area contributed by atoms with E-state index in [9.17, 15) is 0 Å². The normalized spacial score (nSPS) is 11.0. The molecule has 0 spiro atoms. The number of benzene rings is 1. The molecule has 0 aliphatic heterocycles. The van der Waals surface area contributed by atoms with E-state index in [1.165, 1.54) is 0 Å². The molecule has 0 aliphatic rings. The van der Waals surface area contributed by atoms with E-state index in [0.29, 0.717) is 11.0 Å². The van der Waals surface area contributed by atoms with Crippen molar-refractivity contribution < 1.29 is 0 Å². The minimum absolute atomic E-state index is 0.387. The lowest BCUT2D eigenvalue weighted by Crippen LogP contribution is -2.01. The van der Waals surface area contributed by atoms with Crippen molar-refractivity contribution >= 4 is 44.5 Å². The number of anilines is 1. The summed E-state index contributed by atoms with van der Waals surface area (Å²) >= 11 is 9.64. The number of aromatic nitrogens is 3. The van der Waals surface area contributed by atoms with Crippen LogP contribution in [-0.4, -0.2) is 14.5 Å². The molecule has 0 radical (unpaired) electrons. The van der Waals surface area contributed by atoms with Gasteiger partial charge in [0, 0.05) is 10.7 Å². The Morgan fingerprint density at radius 1 is 1.28 bits per heavy atom. The minimum atomic E-state index is 0.387. The molecule has 0 unspecified atom stereocenters. The second-order valence-corrected chi connectivity index (χ2v) is 5.09. The van der Waals surface area contributed by atoms with Gasteiger partial charge in [0.2, 0.25) is 5.95 Å². The highest BCUT2D eigenvalue weighted by Gasteiger charge is 2.12. The smallest absolute Gasteiger partial charge is 0.206 e. The number of fused-ring (bicyclic) bond motifs is 1. The van der Waals surface area contributed by atoms with Crippen LogP contribution in [-0.2, 0) is 0 Å². The van der Waals surface area contributed by atoms with Crippen LogP contribution in [0.1, 0.15) is 0 Å². The standard InChI is InChI=1S/C12H8BrClN4/c13-7-1-2-8(14)11(5-7)18-10-3-4-16-6-9(10)17-12(18)15/h1-6H,(H2,15,17). The third-order valence-electron chi connectivity index (χ3n) is 2.63. The van der Waals surface area contributed by atoms with Crippen LogP contribution >= 0.6 is 27.5 Å². The molecule has 0 aliphatic carbocycles. The van der Waals surface area contributed by atoms with Gasteiger partial charge in [0.05, 0.1) is 22.4 Å². The second-order valence-electron chi connectivity index (χ2n) is 3.77. The van der Waals surface area contributed by atoms with Gasteiger partial charge in [0.1, 0.15) is 5.52 Å². The molecule has 3 rings (SSSR count). The molecule has 1 aromatic carbocycles. The fourth-order valence-electron chi connectivity index (χ4n) is 1.86. The average molecular weight is 324 g/mol. The number of nitrogen functional groups attached to an aromatic ring is 1. The highest BCUT2D eigenvalue weighted by molar-refractivity contribution is 9.10. The number of hydrogen-bond donors (Lipinski definition) is 1. The lowest BCUT2D eigenvalue weighted by atomic mass is 10.3. The van der Waals surface area contributed by atoms with Gasteiger partial charge in [-0.05, 0) is 24.3 Å². The van der Waals surface area contributed by atoms with Crippen molar-refractivity contribution in [1.82, 2.24) is 14.5 Å². The maximum Gasteiger partial charge on any atom is 0.206 e. The molecule has 6 heteroatoms. The van der Waals surface area contributed by atoms with E-state index < -0.39 is 0 Å². The number of pyridine rings is 1. The second kappa shape index (κ2) is 4.26. The van der Waals surface area contributed by atoms with E-state index in [2.05, 4.69) is 25.9 Å². The summed E-state index contributed by atoms with van der Waals surface area (Å²) in [4.78, 5) is 8.29. The predicted molar refractivity (Wildman–Crippen MR) is 76.0 cm³/mol. The van der Waals surface area contributed by atoms with Crippen LogP contribution in [0, 0.1) is 0 Å². The Balaban J connectivity index is 2.37. The maximum absolute atomic E-state index is 6.22. The van der Waals surface area contributed by atoms with Crippen molar-refractivity contribution in [2.24, 2.45) is 0 Å². The van der Waals surface area contributed by atoms with Crippen molar-refractivity contribution in [1.29, 1.82) is 0 Å². The zero-order valence-electron chi connectivity index (χ0n) is 9.14. The van der Waals surface area contributed by atoms with Crippen molar-refractivity contribution in [3.05, 3.63) is 46.2 Å². The van der Waals surface area contributed by atoms with E-state index in [-0.39, 0.29) is 0 Å². The molecule has 2 heterocycles. The molecular weight excluding hydrogens is 316 g/mol. The number of rotatable bonds is 1. The van der Waals surface area contributed by atoms with Crippen LogP contribution in [0.4, 0.5) is 5.95 Å². The predicted octanol–water partition coefficient (Wildman–Crippen LogP) is 3.42. The lowest BCUT2D eigenvalue weighted by molar-refractivity contribution is 1.11. The summed E-state index contributed by atoms with van der Waals surface area (Å²) in [6.45, 7) is 0. The van der Waals surface area contributed by atoms with Crippen LogP contribution in [0.25, 0.3) is 16.7 Å². The van der Waals surface area contributed by atoms with Gasteiger partial charge in [-0.15, -0.1) is 0 Å². The molecular formula is C12H8BrClN4.